The molecular weight excluding hydrogens is 250 g/mol. The van der Waals surface area contributed by atoms with Crippen molar-refractivity contribution in [3.8, 4) is 0 Å². The molecule has 0 amide bonds. The first-order valence-corrected chi connectivity index (χ1v) is 7.22. The van der Waals surface area contributed by atoms with E-state index in [9.17, 15) is 0 Å². The topological polar surface area (TPSA) is 44.3 Å². The maximum Gasteiger partial charge on any atom is 0.227 e. The van der Waals surface area contributed by atoms with Crippen LogP contribution in [0.2, 0.25) is 0 Å². The number of fused-ring (bicyclic) bond motifs is 1. The smallest absolute Gasteiger partial charge is 0.227 e. The molecule has 1 aromatic heterocycles. The molecule has 2 heterocycles. The molecule has 0 aliphatic carbocycles. The number of hydrogen-bond donors (Lipinski definition) is 1. The van der Waals surface area contributed by atoms with E-state index in [0.717, 1.165) is 55.4 Å². The van der Waals surface area contributed by atoms with Crippen molar-refractivity contribution in [2.24, 2.45) is 0 Å². The number of nitrogens with one attached hydrogen (secondary N) is 1. The fourth-order valence-electron chi connectivity index (χ4n) is 2.51. The van der Waals surface area contributed by atoms with Crippen LogP contribution in [0, 0.1) is 0 Å². The molecule has 1 saturated heterocycles. The number of para-hydroxylation sites is 1. The molecule has 1 N–H and O–H groups in total. The van der Waals surface area contributed by atoms with Crippen LogP contribution >= 0.6 is 0 Å². The lowest BCUT2D eigenvalue weighted by Crippen LogP contribution is -2.45. The Balaban J connectivity index is 1.98. The van der Waals surface area contributed by atoms with Crippen LogP contribution in [0.3, 0.4) is 0 Å². The van der Waals surface area contributed by atoms with Crippen LogP contribution in [0.25, 0.3) is 10.9 Å². The maximum atomic E-state index is 4.72. The normalized spacial score (nSPS) is 16.6. The molecule has 0 unspecified atom stereocenters. The minimum absolute atomic E-state index is 0.841. The number of hydrogen-bond acceptors (Lipinski definition) is 5. The third-order valence-electron chi connectivity index (χ3n) is 3.72. The van der Waals surface area contributed by atoms with Gasteiger partial charge in [0, 0.05) is 38.1 Å². The summed E-state index contributed by atoms with van der Waals surface area (Å²) in [4.78, 5) is 14.1. The first kappa shape index (κ1) is 13.1. The second-order valence-corrected chi connectivity index (χ2v) is 5.21. The van der Waals surface area contributed by atoms with Crippen molar-refractivity contribution in [1.29, 1.82) is 0 Å². The Morgan fingerprint density at radius 2 is 1.85 bits per heavy atom. The molecule has 20 heavy (non-hydrogen) atoms. The van der Waals surface area contributed by atoms with E-state index in [4.69, 9.17) is 9.97 Å². The van der Waals surface area contributed by atoms with E-state index in [1.54, 1.807) is 0 Å². The van der Waals surface area contributed by atoms with E-state index in [2.05, 4.69) is 41.2 Å². The Bertz CT molecular complexity index is 590. The van der Waals surface area contributed by atoms with Crippen LogP contribution in [0.5, 0.6) is 0 Å². The minimum atomic E-state index is 0.841. The Morgan fingerprint density at radius 3 is 2.60 bits per heavy atom. The highest BCUT2D eigenvalue weighted by Crippen LogP contribution is 2.23. The molecule has 0 bridgehead atoms. The fourth-order valence-corrected chi connectivity index (χ4v) is 2.51. The third kappa shape index (κ3) is 2.54. The van der Waals surface area contributed by atoms with E-state index in [1.807, 2.05) is 12.1 Å². The highest BCUT2D eigenvalue weighted by atomic mass is 15.3. The predicted molar refractivity (Wildman–Crippen MR) is 83.4 cm³/mol. The van der Waals surface area contributed by atoms with E-state index in [-0.39, 0.29) is 0 Å². The zero-order chi connectivity index (χ0) is 13.9. The lowest BCUT2D eigenvalue weighted by atomic mass is 10.2. The van der Waals surface area contributed by atoms with Crippen molar-refractivity contribution in [1.82, 2.24) is 14.9 Å². The molecule has 106 valence electrons. The maximum absolute atomic E-state index is 4.72. The van der Waals surface area contributed by atoms with E-state index < -0.39 is 0 Å². The average Bonchev–Trinajstić information content (AvgIpc) is 2.48. The summed E-state index contributed by atoms with van der Waals surface area (Å²) < 4.78 is 0. The van der Waals surface area contributed by atoms with Crippen LogP contribution < -0.4 is 10.2 Å². The second kappa shape index (κ2) is 5.63. The van der Waals surface area contributed by atoms with Gasteiger partial charge in [-0.25, -0.2) is 4.98 Å². The van der Waals surface area contributed by atoms with Gasteiger partial charge in [-0.1, -0.05) is 12.1 Å². The van der Waals surface area contributed by atoms with Gasteiger partial charge in [0.1, 0.15) is 5.82 Å². The minimum Gasteiger partial charge on any atom is -0.370 e. The van der Waals surface area contributed by atoms with Crippen LogP contribution in [-0.4, -0.2) is 54.6 Å². The van der Waals surface area contributed by atoms with Gasteiger partial charge in [-0.05, 0) is 26.1 Å². The second-order valence-electron chi connectivity index (χ2n) is 5.21. The van der Waals surface area contributed by atoms with Gasteiger partial charge in [0.15, 0.2) is 0 Å². The molecule has 0 saturated carbocycles. The van der Waals surface area contributed by atoms with Crippen molar-refractivity contribution >= 4 is 22.7 Å². The molecule has 5 nitrogen and oxygen atoms in total. The number of benzene rings is 1. The van der Waals surface area contributed by atoms with Crippen molar-refractivity contribution in [2.45, 2.75) is 6.92 Å². The van der Waals surface area contributed by atoms with E-state index in [1.165, 1.54) is 0 Å². The quantitative estimate of drug-likeness (QED) is 0.922. The number of nitrogens with zero attached hydrogens (tertiary/aromatic N) is 4. The molecule has 0 spiro atoms. The van der Waals surface area contributed by atoms with Crippen LogP contribution in [0.1, 0.15) is 6.92 Å². The summed E-state index contributed by atoms with van der Waals surface area (Å²) in [7, 11) is 2.16. The summed E-state index contributed by atoms with van der Waals surface area (Å²) in [6.07, 6.45) is 0. The molecule has 0 atom stereocenters. The summed E-state index contributed by atoms with van der Waals surface area (Å²) >= 11 is 0. The highest BCUT2D eigenvalue weighted by molar-refractivity contribution is 5.90. The van der Waals surface area contributed by atoms with Gasteiger partial charge < -0.3 is 15.1 Å². The van der Waals surface area contributed by atoms with Gasteiger partial charge in [-0.3, -0.25) is 0 Å². The van der Waals surface area contributed by atoms with Gasteiger partial charge in [0.05, 0.1) is 5.52 Å². The van der Waals surface area contributed by atoms with Crippen molar-refractivity contribution < 1.29 is 0 Å². The van der Waals surface area contributed by atoms with Crippen molar-refractivity contribution in [2.75, 3.05) is 50.0 Å². The average molecular weight is 271 g/mol. The summed E-state index contributed by atoms with van der Waals surface area (Å²) in [6.45, 7) is 7.05. The Labute approximate surface area is 119 Å². The molecule has 1 aliphatic heterocycles. The number of likely N-dealkylation sites (N-methyl/N-ethyl adjacent to an activating group) is 1. The van der Waals surface area contributed by atoms with Crippen LogP contribution in [0.4, 0.5) is 11.8 Å². The largest absolute Gasteiger partial charge is 0.370 e. The molecular formula is C15H21N5. The number of rotatable bonds is 3. The fraction of sp³-hybridized carbons (Fsp3) is 0.467. The molecule has 0 radical (unpaired) electrons. The van der Waals surface area contributed by atoms with Gasteiger partial charge in [-0.15, -0.1) is 0 Å². The van der Waals surface area contributed by atoms with Gasteiger partial charge >= 0.3 is 0 Å². The van der Waals surface area contributed by atoms with Crippen molar-refractivity contribution in [3.63, 3.8) is 0 Å². The zero-order valence-corrected chi connectivity index (χ0v) is 12.1. The lowest BCUT2D eigenvalue weighted by Gasteiger charge is -2.32. The summed E-state index contributed by atoms with van der Waals surface area (Å²) in [5.74, 6) is 1.78. The molecule has 1 fully saturated rings. The van der Waals surface area contributed by atoms with Gasteiger partial charge in [-0.2, -0.15) is 4.98 Å². The number of piperazine rings is 1. The van der Waals surface area contributed by atoms with E-state index >= 15 is 0 Å². The zero-order valence-electron chi connectivity index (χ0n) is 12.1. The molecule has 3 rings (SSSR count). The molecule has 1 aliphatic rings. The third-order valence-corrected chi connectivity index (χ3v) is 3.72. The van der Waals surface area contributed by atoms with Gasteiger partial charge in [0.25, 0.3) is 0 Å². The Hall–Kier alpha value is -1.88. The van der Waals surface area contributed by atoms with Crippen LogP contribution in [-0.2, 0) is 0 Å². The molecule has 1 aromatic carbocycles. The highest BCUT2D eigenvalue weighted by Gasteiger charge is 2.18. The Kier molecular flexibility index (Phi) is 3.69. The first-order chi connectivity index (χ1) is 9.78. The summed E-state index contributed by atoms with van der Waals surface area (Å²) in [6, 6.07) is 8.18. The van der Waals surface area contributed by atoms with Crippen LogP contribution in [0.15, 0.2) is 24.3 Å². The number of anilines is 2. The first-order valence-electron chi connectivity index (χ1n) is 7.22. The molecule has 2 aromatic rings. The summed E-state index contributed by atoms with van der Waals surface area (Å²) in [5, 5.41) is 4.44. The summed E-state index contributed by atoms with van der Waals surface area (Å²) in [5.41, 5.74) is 1.01. The molecule has 5 heteroatoms. The van der Waals surface area contributed by atoms with Gasteiger partial charge in [0.2, 0.25) is 5.95 Å². The number of aromatic nitrogens is 2. The standard InChI is InChI=1S/C15H21N5/c1-3-16-14-12-6-4-5-7-13(12)17-15(18-14)20-10-8-19(2)9-11-20/h4-7H,3,8-11H2,1-2H3,(H,16,17,18). The monoisotopic (exact) mass is 271 g/mol. The van der Waals surface area contributed by atoms with E-state index in [0.29, 0.717) is 0 Å². The van der Waals surface area contributed by atoms with Crippen molar-refractivity contribution in [3.05, 3.63) is 24.3 Å². The SMILES string of the molecule is CCNc1nc(N2CCN(C)CC2)nc2ccccc12. The lowest BCUT2D eigenvalue weighted by molar-refractivity contribution is 0.311. The predicted octanol–water partition coefficient (Wildman–Crippen LogP) is 1.81. The Morgan fingerprint density at radius 1 is 1.10 bits per heavy atom.